The monoisotopic (exact) mass is 725 g/mol. The van der Waals surface area contributed by atoms with E-state index in [1.807, 2.05) is 37.4 Å². The molecule has 0 saturated carbocycles. The van der Waals surface area contributed by atoms with Gasteiger partial charge in [0.05, 0.1) is 56.1 Å². The van der Waals surface area contributed by atoms with Gasteiger partial charge in [0.2, 0.25) is 0 Å². The number of aromatic amines is 1. The lowest BCUT2D eigenvalue weighted by atomic mass is 10.0. The molecule has 0 atom stereocenters. The summed E-state index contributed by atoms with van der Waals surface area (Å²) in [5.41, 5.74) is 2.74. The molecule has 2 aromatic carbocycles. The fourth-order valence-corrected chi connectivity index (χ4v) is 6.11. The van der Waals surface area contributed by atoms with E-state index in [9.17, 15) is 19.2 Å². The summed E-state index contributed by atoms with van der Waals surface area (Å²) in [6.07, 6.45) is 3.93. The molecule has 0 bridgehead atoms. The minimum Gasteiger partial charge on any atom is -0.496 e. The summed E-state index contributed by atoms with van der Waals surface area (Å²) in [5, 5.41) is 11.6. The number of furan rings is 1. The second-order valence-electron chi connectivity index (χ2n) is 12.5. The Hall–Kier alpha value is -5.64. The van der Waals surface area contributed by atoms with Gasteiger partial charge in [-0.05, 0) is 43.4 Å². The van der Waals surface area contributed by atoms with Crippen molar-refractivity contribution in [3.63, 3.8) is 0 Å². The number of nitrogens with zero attached hydrogens (tertiary/aromatic N) is 5. The summed E-state index contributed by atoms with van der Waals surface area (Å²) in [4.78, 5) is 58.8. The van der Waals surface area contributed by atoms with E-state index in [4.69, 9.17) is 18.6 Å². The molecule has 5 aromatic rings. The Balaban J connectivity index is 1.01. The number of aryl methyl sites for hydroxylation is 1. The van der Waals surface area contributed by atoms with Gasteiger partial charge in [-0.15, -0.1) is 5.10 Å². The molecule has 2 amide bonds. The zero-order valence-electron chi connectivity index (χ0n) is 29.8. The van der Waals surface area contributed by atoms with Crippen molar-refractivity contribution in [1.82, 2.24) is 35.1 Å². The Bertz CT molecular complexity index is 2030. The Morgan fingerprint density at radius 3 is 2.51 bits per heavy atom. The molecule has 1 fully saturated rings. The maximum absolute atomic E-state index is 13.6. The minimum absolute atomic E-state index is 0.0269. The number of ether oxygens (including phenoxy) is 3. The maximum atomic E-state index is 13.6. The number of nitrogens with one attached hydrogen (secondary N) is 2. The molecule has 15 nitrogen and oxygen atoms in total. The first-order valence-electron chi connectivity index (χ1n) is 17.5. The Kier molecular flexibility index (Phi) is 12.4. The fraction of sp³-hybridized carbons (Fsp3) is 0.368. The van der Waals surface area contributed by atoms with Crippen molar-refractivity contribution in [2.45, 2.75) is 26.0 Å². The molecule has 15 heteroatoms. The first-order chi connectivity index (χ1) is 25.9. The van der Waals surface area contributed by atoms with Gasteiger partial charge in [-0.3, -0.25) is 19.2 Å². The molecule has 2 N–H and O–H groups in total. The lowest BCUT2D eigenvalue weighted by Crippen LogP contribution is -2.52. The average Bonchev–Trinajstić information content (AvgIpc) is 3.97. The van der Waals surface area contributed by atoms with Gasteiger partial charge < -0.3 is 38.7 Å². The van der Waals surface area contributed by atoms with Crippen LogP contribution in [-0.4, -0.2) is 120 Å². The highest BCUT2D eigenvalue weighted by molar-refractivity contribution is 6.45. The largest absolute Gasteiger partial charge is 0.496 e. The highest BCUT2D eigenvalue weighted by Crippen LogP contribution is 2.37. The van der Waals surface area contributed by atoms with E-state index in [-0.39, 0.29) is 43.4 Å². The van der Waals surface area contributed by atoms with Crippen molar-refractivity contribution >= 4 is 34.3 Å². The van der Waals surface area contributed by atoms with Crippen LogP contribution < -0.4 is 10.1 Å². The number of piperazine rings is 1. The van der Waals surface area contributed by atoms with Crippen LogP contribution in [0.3, 0.4) is 0 Å². The molecule has 1 aliphatic heterocycles. The van der Waals surface area contributed by atoms with Crippen molar-refractivity contribution in [3.8, 4) is 17.1 Å². The van der Waals surface area contributed by atoms with Crippen molar-refractivity contribution in [2.75, 3.05) is 66.7 Å². The van der Waals surface area contributed by atoms with Crippen LogP contribution in [0, 0.1) is 0 Å². The number of carbonyl (C=O) groups is 4. The number of hydrogen-bond donors (Lipinski definition) is 2. The van der Waals surface area contributed by atoms with Crippen molar-refractivity contribution in [1.29, 1.82) is 0 Å². The van der Waals surface area contributed by atoms with Crippen molar-refractivity contribution < 1.29 is 37.8 Å². The predicted molar refractivity (Wildman–Crippen MR) is 194 cm³/mol. The van der Waals surface area contributed by atoms with E-state index in [1.165, 1.54) is 18.2 Å². The molecule has 278 valence electrons. The minimum atomic E-state index is -0.674. The standard InChI is InChI=1S/C38H43N7O8/c1-39-14-20-51-24-27-23-45(42-41-27)19-21-52-25-28(46)8-9-29-10-12-32(53-29)30-11-13-33(50-2)34-31(22-40-35(30)34)36(47)38(49)44-17-15-43(16-18-44)37(48)26-6-4-3-5-7-26/h3-7,10-13,22-23,39-40H,8-9,14-21,24-25H2,1-2H3. The van der Waals surface area contributed by atoms with Gasteiger partial charge in [-0.1, -0.05) is 23.4 Å². The smallest absolute Gasteiger partial charge is 0.295 e. The molecule has 1 aliphatic rings. The molecule has 53 heavy (non-hydrogen) atoms. The number of ketones is 2. The number of amides is 2. The number of benzene rings is 2. The van der Waals surface area contributed by atoms with Gasteiger partial charge in [0, 0.05) is 62.9 Å². The molecule has 0 aliphatic carbocycles. The lowest BCUT2D eigenvalue weighted by Gasteiger charge is -2.34. The van der Waals surface area contributed by atoms with Crippen LogP contribution in [0.1, 0.15) is 38.6 Å². The van der Waals surface area contributed by atoms with Crippen molar-refractivity contribution in [2.24, 2.45) is 0 Å². The number of methoxy groups -OCH3 is 1. The quantitative estimate of drug-likeness (QED) is 0.0772. The van der Waals surface area contributed by atoms with Crippen LogP contribution in [0.15, 0.2) is 71.4 Å². The van der Waals surface area contributed by atoms with Gasteiger partial charge in [-0.25, -0.2) is 4.68 Å². The van der Waals surface area contributed by atoms with Crippen LogP contribution in [-0.2, 0) is 38.6 Å². The Morgan fingerprint density at radius 2 is 1.74 bits per heavy atom. The maximum Gasteiger partial charge on any atom is 0.295 e. The summed E-state index contributed by atoms with van der Waals surface area (Å²) in [7, 11) is 3.36. The third-order valence-corrected chi connectivity index (χ3v) is 8.97. The predicted octanol–water partition coefficient (Wildman–Crippen LogP) is 3.15. The number of fused-ring (bicyclic) bond motifs is 1. The van der Waals surface area contributed by atoms with Crippen LogP contribution >= 0.6 is 0 Å². The SMILES string of the molecule is CNCCOCc1cn(CCOCC(=O)CCc2ccc(-c3ccc(OC)c4c(C(=O)C(=O)N5CCN(C(=O)c6ccccc6)CC5)c[nH]c34)o2)nn1. The molecule has 0 radical (unpaired) electrons. The highest BCUT2D eigenvalue weighted by atomic mass is 16.5. The van der Waals surface area contributed by atoms with Crippen LogP contribution in [0.5, 0.6) is 5.75 Å². The lowest BCUT2D eigenvalue weighted by molar-refractivity contribution is -0.127. The average molecular weight is 726 g/mol. The molecular formula is C38H43N7O8. The second-order valence-corrected chi connectivity index (χ2v) is 12.5. The molecule has 3 aromatic heterocycles. The van der Waals surface area contributed by atoms with E-state index < -0.39 is 11.7 Å². The van der Waals surface area contributed by atoms with E-state index in [2.05, 4.69) is 20.6 Å². The van der Waals surface area contributed by atoms with E-state index in [0.717, 1.165) is 12.2 Å². The molecule has 6 rings (SSSR count). The van der Waals surface area contributed by atoms with Gasteiger partial charge in [0.25, 0.3) is 17.6 Å². The Morgan fingerprint density at radius 1 is 0.943 bits per heavy atom. The van der Waals surface area contributed by atoms with Gasteiger partial charge in [0.15, 0.2) is 5.78 Å². The molecule has 4 heterocycles. The number of H-pyrrole nitrogens is 1. The summed E-state index contributed by atoms with van der Waals surface area (Å²) in [6.45, 7) is 3.61. The number of carbonyl (C=O) groups excluding carboxylic acids is 4. The normalized spacial score (nSPS) is 13.1. The molecule has 0 spiro atoms. The summed E-state index contributed by atoms with van der Waals surface area (Å²) in [5.74, 6) is 0.0882. The number of rotatable bonds is 18. The van der Waals surface area contributed by atoms with Gasteiger partial charge >= 0.3 is 0 Å². The van der Waals surface area contributed by atoms with Crippen molar-refractivity contribution in [3.05, 3.63) is 89.6 Å². The summed E-state index contributed by atoms with van der Waals surface area (Å²) < 4.78 is 24.4. The van der Waals surface area contributed by atoms with Crippen LogP contribution in [0.4, 0.5) is 0 Å². The van der Waals surface area contributed by atoms with Crippen LogP contribution in [0.2, 0.25) is 0 Å². The number of aromatic nitrogens is 4. The summed E-state index contributed by atoms with van der Waals surface area (Å²) >= 11 is 0. The fourth-order valence-electron chi connectivity index (χ4n) is 6.11. The topological polar surface area (TPSA) is 174 Å². The van der Waals surface area contributed by atoms with Gasteiger partial charge in [0.1, 0.15) is 29.6 Å². The van der Waals surface area contributed by atoms with Gasteiger partial charge in [-0.2, -0.15) is 0 Å². The zero-order chi connectivity index (χ0) is 37.2. The van der Waals surface area contributed by atoms with E-state index >= 15 is 0 Å². The second kappa shape index (κ2) is 17.7. The number of Topliss-reactive ketones (excluding diaryl/α,β-unsaturated/α-hetero) is 2. The first-order valence-corrected chi connectivity index (χ1v) is 17.5. The Labute approximate surface area is 306 Å². The molecular weight excluding hydrogens is 682 g/mol. The summed E-state index contributed by atoms with van der Waals surface area (Å²) in [6, 6.07) is 16.1. The number of likely N-dealkylation sites (N-methyl/N-ethyl adjacent to an activating group) is 1. The third kappa shape index (κ3) is 9.06. The van der Waals surface area contributed by atoms with E-state index in [1.54, 1.807) is 40.0 Å². The van der Waals surface area contributed by atoms with Crippen LogP contribution in [0.25, 0.3) is 22.2 Å². The zero-order valence-corrected chi connectivity index (χ0v) is 29.8. The first kappa shape index (κ1) is 37.1. The highest BCUT2D eigenvalue weighted by Gasteiger charge is 2.31. The molecule has 0 unspecified atom stereocenters. The number of hydrogen-bond acceptors (Lipinski definition) is 11. The van der Waals surface area contributed by atoms with E-state index in [0.29, 0.717) is 85.2 Å². The third-order valence-electron chi connectivity index (χ3n) is 8.97. The molecule has 1 saturated heterocycles.